The summed E-state index contributed by atoms with van der Waals surface area (Å²) in [5.74, 6) is 1.65. The predicted octanol–water partition coefficient (Wildman–Crippen LogP) is 1.57. The number of nitrogens with one attached hydrogen (secondary N) is 1. The molecule has 0 saturated carbocycles. The summed E-state index contributed by atoms with van der Waals surface area (Å²) in [7, 11) is 2.26. The Labute approximate surface area is 82.7 Å². The molecule has 1 rings (SSSR count). The summed E-state index contributed by atoms with van der Waals surface area (Å²) in [4.78, 5) is 2.53. The largest absolute Gasteiger partial charge is 0.315 e. The van der Waals surface area contributed by atoms with Gasteiger partial charge in [-0.25, -0.2) is 0 Å². The average molecular weight is 184 g/mol. The molecule has 1 fully saturated rings. The molecule has 0 aromatic rings. The van der Waals surface area contributed by atoms with Gasteiger partial charge in [-0.3, -0.25) is 0 Å². The second-order valence-electron chi connectivity index (χ2n) is 4.66. The first-order valence-electron chi connectivity index (χ1n) is 5.56. The maximum absolute atomic E-state index is 3.45. The zero-order valence-electron chi connectivity index (χ0n) is 9.51. The van der Waals surface area contributed by atoms with E-state index in [0.29, 0.717) is 0 Å². The van der Waals surface area contributed by atoms with Gasteiger partial charge in [0.25, 0.3) is 0 Å². The Balaban J connectivity index is 2.33. The molecule has 78 valence electrons. The van der Waals surface area contributed by atoms with E-state index in [9.17, 15) is 0 Å². The minimum atomic E-state index is 0.758. The second-order valence-corrected chi connectivity index (χ2v) is 4.66. The second kappa shape index (κ2) is 4.97. The van der Waals surface area contributed by atoms with Gasteiger partial charge in [0.2, 0.25) is 0 Å². The highest BCUT2D eigenvalue weighted by Gasteiger charge is 2.26. The van der Waals surface area contributed by atoms with Crippen molar-refractivity contribution in [1.29, 1.82) is 0 Å². The van der Waals surface area contributed by atoms with Gasteiger partial charge in [-0.15, -0.1) is 0 Å². The molecule has 0 aromatic carbocycles. The van der Waals surface area contributed by atoms with E-state index < -0.39 is 0 Å². The smallest absolute Gasteiger partial charge is 0.0255 e. The number of hydrogen-bond donors (Lipinski definition) is 1. The quantitative estimate of drug-likeness (QED) is 0.713. The molecule has 1 saturated heterocycles. The van der Waals surface area contributed by atoms with E-state index in [4.69, 9.17) is 0 Å². The first-order valence-corrected chi connectivity index (χ1v) is 5.56. The summed E-state index contributed by atoms with van der Waals surface area (Å²) in [6.07, 6.45) is 1.29. The average Bonchev–Trinajstić information content (AvgIpc) is 2.51. The molecule has 0 aliphatic carbocycles. The molecule has 0 spiro atoms. The molecule has 0 radical (unpaired) electrons. The molecule has 2 heteroatoms. The maximum atomic E-state index is 3.45. The van der Waals surface area contributed by atoms with E-state index in [1.165, 1.54) is 26.1 Å². The van der Waals surface area contributed by atoms with Crippen molar-refractivity contribution in [3.63, 3.8) is 0 Å². The first-order chi connectivity index (χ1) is 6.15. The minimum absolute atomic E-state index is 0.758. The van der Waals surface area contributed by atoms with Crippen LogP contribution in [0.5, 0.6) is 0 Å². The summed E-state index contributed by atoms with van der Waals surface area (Å²) in [5.41, 5.74) is 0. The van der Waals surface area contributed by atoms with Crippen LogP contribution in [0, 0.1) is 11.8 Å². The van der Waals surface area contributed by atoms with Gasteiger partial charge in [0, 0.05) is 19.1 Å². The van der Waals surface area contributed by atoms with Crippen molar-refractivity contribution < 1.29 is 0 Å². The van der Waals surface area contributed by atoms with Gasteiger partial charge < -0.3 is 10.2 Å². The fourth-order valence-electron chi connectivity index (χ4n) is 2.14. The van der Waals surface area contributed by atoms with Crippen molar-refractivity contribution in [2.45, 2.75) is 33.2 Å². The van der Waals surface area contributed by atoms with Crippen molar-refractivity contribution in [2.24, 2.45) is 11.8 Å². The van der Waals surface area contributed by atoms with E-state index in [-0.39, 0.29) is 0 Å². The number of hydrogen-bond acceptors (Lipinski definition) is 2. The van der Waals surface area contributed by atoms with Gasteiger partial charge in [0.1, 0.15) is 0 Å². The zero-order chi connectivity index (χ0) is 9.84. The van der Waals surface area contributed by atoms with Gasteiger partial charge >= 0.3 is 0 Å². The van der Waals surface area contributed by atoms with E-state index in [0.717, 1.165) is 17.9 Å². The van der Waals surface area contributed by atoms with E-state index in [1.54, 1.807) is 0 Å². The number of nitrogens with zero attached hydrogens (tertiary/aromatic N) is 1. The summed E-state index contributed by atoms with van der Waals surface area (Å²) in [6, 6.07) is 0.758. The number of rotatable bonds is 4. The molecule has 0 bridgehead atoms. The molecule has 2 nitrogen and oxygen atoms in total. The Kier molecular flexibility index (Phi) is 4.20. The van der Waals surface area contributed by atoms with Gasteiger partial charge in [0.15, 0.2) is 0 Å². The lowest BCUT2D eigenvalue weighted by atomic mass is 10.0. The lowest BCUT2D eigenvalue weighted by Crippen LogP contribution is -2.39. The fraction of sp³-hybridized carbons (Fsp3) is 1.00. The van der Waals surface area contributed by atoms with Crippen LogP contribution in [-0.4, -0.2) is 37.6 Å². The summed E-state index contributed by atoms with van der Waals surface area (Å²) < 4.78 is 0. The van der Waals surface area contributed by atoms with Crippen molar-refractivity contribution >= 4 is 0 Å². The standard InChI is InChI=1S/C11H24N2/c1-5-9(2)8-13(4)11-7-12-6-10(11)3/h9-12H,5-8H2,1-4H3. The number of likely N-dealkylation sites (N-methyl/N-ethyl adjacent to an activating group) is 1. The van der Waals surface area contributed by atoms with Gasteiger partial charge in [-0.2, -0.15) is 0 Å². The third-order valence-electron chi connectivity index (χ3n) is 3.34. The molecule has 1 aliphatic rings. The molecule has 1 aliphatic heterocycles. The van der Waals surface area contributed by atoms with Crippen LogP contribution >= 0.6 is 0 Å². The van der Waals surface area contributed by atoms with Gasteiger partial charge in [-0.1, -0.05) is 27.2 Å². The van der Waals surface area contributed by atoms with E-state index >= 15 is 0 Å². The third kappa shape index (κ3) is 2.96. The van der Waals surface area contributed by atoms with Crippen LogP contribution in [-0.2, 0) is 0 Å². The van der Waals surface area contributed by atoms with E-state index in [2.05, 4.69) is 38.0 Å². The van der Waals surface area contributed by atoms with Crippen molar-refractivity contribution in [2.75, 3.05) is 26.7 Å². The fourth-order valence-corrected chi connectivity index (χ4v) is 2.14. The zero-order valence-corrected chi connectivity index (χ0v) is 9.51. The lowest BCUT2D eigenvalue weighted by molar-refractivity contribution is 0.191. The molecule has 13 heavy (non-hydrogen) atoms. The first kappa shape index (κ1) is 11.0. The van der Waals surface area contributed by atoms with Crippen LogP contribution in [0.3, 0.4) is 0 Å². The molecular weight excluding hydrogens is 160 g/mol. The van der Waals surface area contributed by atoms with Crippen LogP contribution in [0.15, 0.2) is 0 Å². The molecule has 0 aromatic heterocycles. The van der Waals surface area contributed by atoms with Crippen LogP contribution in [0.1, 0.15) is 27.2 Å². The molecule has 0 amide bonds. The Morgan fingerprint density at radius 1 is 1.46 bits per heavy atom. The predicted molar refractivity (Wildman–Crippen MR) is 57.9 cm³/mol. The Morgan fingerprint density at radius 3 is 2.62 bits per heavy atom. The Morgan fingerprint density at radius 2 is 2.15 bits per heavy atom. The minimum Gasteiger partial charge on any atom is -0.315 e. The molecular formula is C11H24N2. The molecule has 1 heterocycles. The van der Waals surface area contributed by atoms with Crippen LogP contribution < -0.4 is 5.32 Å². The van der Waals surface area contributed by atoms with Crippen LogP contribution in [0.2, 0.25) is 0 Å². The van der Waals surface area contributed by atoms with Crippen LogP contribution in [0.4, 0.5) is 0 Å². The van der Waals surface area contributed by atoms with Crippen molar-refractivity contribution in [1.82, 2.24) is 10.2 Å². The van der Waals surface area contributed by atoms with E-state index in [1.807, 2.05) is 0 Å². The molecule has 1 N–H and O–H groups in total. The Hall–Kier alpha value is -0.0800. The Bertz CT molecular complexity index is 147. The highest BCUT2D eigenvalue weighted by Crippen LogP contribution is 2.15. The molecule has 3 unspecified atom stereocenters. The van der Waals surface area contributed by atoms with Crippen molar-refractivity contribution in [3.8, 4) is 0 Å². The highest BCUT2D eigenvalue weighted by atomic mass is 15.2. The SMILES string of the molecule is CCC(C)CN(C)C1CNCC1C. The topological polar surface area (TPSA) is 15.3 Å². The third-order valence-corrected chi connectivity index (χ3v) is 3.34. The van der Waals surface area contributed by atoms with Crippen LogP contribution in [0.25, 0.3) is 0 Å². The normalized spacial score (nSPS) is 31.2. The highest BCUT2D eigenvalue weighted by molar-refractivity contribution is 4.85. The summed E-state index contributed by atoms with van der Waals surface area (Å²) in [5, 5.41) is 3.45. The summed E-state index contributed by atoms with van der Waals surface area (Å²) in [6.45, 7) is 10.6. The lowest BCUT2D eigenvalue weighted by Gasteiger charge is -2.29. The van der Waals surface area contributed by atoms with Gasteiger partial charge in [0.05, 0.1) is 0 Å². The van der Waals surface area contributed by atoms with Crippen molar-refractivity contribution in [3.05, 3.63) is 0 Å². The maximum Gasteiger partial charge on any atom is 0.0255 e. The monoisotopic (exact) mass is 184 g/mol. The van der Waals surface area contributed by atoms with Gasteiger partial charge in [-0.05, 0) is 25.4 Å². The summed E-state index contributed by atoms with van der Waals surface area (Å²) >= 11 is 0. The molecule has 3 atom stereocenters.